The number of hydrogen-bond acceptors (Lipinski definition) is 4. The van der Waals surface area contributed by atoms with E-state index in [0.29, 0.717) is 12.8 Å². The van der Waals surface area contributed by atoms with Crippen LogP contribution >= 0.6 is 0 Å². The van der Waals surface area contributed by atoms with Crippen LogP contribution in [0.3, 0.4) is 0 Å². The summed E-state index contributed by atoms with van der Waals surface area (Å²) in [5.41, 5.74) is 1.40. The van der Waals surface area contributed by atoms with Crippen LogP contribution in [0, 0.1) is 0 Å². The third-order valence-corrected chi connectivity index (χ3v) is 2.96. The maximum atomic E-state index is 11.8. The standard InChI is InChI=1S/C14H16N4O2/c1-11(12-5-3-2-4-6-12)7-15-14(20)9-18-8-13(10-19)16-17-18/h2-6,8,10-11H,7,9H2,1H3,(H,15,20). The summed E-state index contributed by atoms with van der Waals surface area (Å²) in [5.74, 6) is 0.0802. The summed E-state index contributed by atoms with van der Waals surface area (Å²) >= 11 is 0. The van der Waals surface area contributed by atoms with E-state index in [1.54, 1.807) is 0 Å². The minimum absolute atomic E-state index is 0.0579. The number of carbonyl (C=O) groups excluding carboxylic acids is 2. The Morgan fingerprint density at radius 2 is 2.15 bits per heavy atom. The van der Waals surface area contributed by atoms with E-state index < -0.39 is 0 Å². The molecule has 1 N–H and O–H groups in total. The van der Waals surface area contributed by atoms with Gasteiger partial charge in [0.25, 0.3) is 0 Å². The zero-order valence-electron chi connectivity index (χ0n) is 11.2. The van der Waals surface area contributed by atoms with E-state index >= 15 is 0 Å². The zero-order valence-corrected chi connectivity index (χ0v) is 11.2. The molecule has 0 saturated heterocycles. The van der Waals surface area contributed by atoms with Crippen LogP contribution in [0.1, 0.15) is 28.9 Å². The predicted molar refractivity (Wildman–Crippen MR) is 73.3 cm³/mol. The Kier molecular flexibility index (Phi) is 4.60. The summed E-state index contributed by atoms with van der Waals surface area (Å²) in [7, 11) is 0. The quantitative estimate of drug-likeness (QED) is 0.796. The number of benzene rings is 1. The molecule has 1 amide bonds. The summed E-state index contributed by atoms with van der Waals surface area (Å²) in [5, 5.41) is 10.1. The average molecular weight is 272 g/mol. The van der Waals surface area contributed by atoms with Gasteiger partial charge < -0.3 is 5.32 Å². The van der Waals surface area contributed by atoms with Gasteiger partial charge in [-0.15, -0.1) is 5.10 Å². The highest BCUT2D eigenvalue weighted by atomic mass is 16.2. The highest BCUT2D eigenvalue weighted by molar-refractivity contribution is 5.76. The summed E-state index contributed by atoms with van der Waals surface area (Å²) in [4.78, 5) is 22.2. The van der Waals surface area contributed by atoms with Crippen molar-refractivity contribution in [2.45, 2.75) is 19.4 Å². The molecule has 0 saturated carbocycles. The van der Waals surface area contributed by atoms with Crippen LogP contribution in [0.25, 0.3) is 0 Å². The van der Waals surface area contributed by atoms with Gasteiger partial charge in [0.1, 0.15) is 12.2 Å². The monoisotopic (exact) mass is 272 g/mol. The number of aromatic nitrogens is 3. The summed E-state index contributed by atoms with van der Waals surface area (Å²) in [6.07, 6.45) is 2.03. The van der Waals surface area contributed by atoms with E-state index in [9.17, 15) is 9.59 Å². The lowest BCUT2D eigenvalue weighted by Gasteiger charge is -2.12. The molecule has 0 bridgehead atoms. The molecule has 20 heavy (non-hydrogen) atoms. The maximum Gasteiger partial charge on any atom is 0.241 e. The lowest BCUT2D eigenvalue weighted by Crippen LogP contribution is -2.30. The van der Waals surface area contributed by atoms with Crippen LogP contribution in [0.4, 0.5) is 0 Å². The summed E-state index contributed by atoms with van der Waals surface area (Å²) in [6.45, 7) is 2.66. The molecule has 2 rings (SSSR count). The van der Waals surface area contributed by atoms with Crippen LogP contribution in [-0.2, 0) is 11.3 Å². The van der Waals surface area contributed by atoms with E-state index in [-0.39, 0.29) is 24.1 Å². The first-order valence-corrected chi connectivity index (χ1v) is 6.36. The lowest BCUT2D eigenvalue weighted by atomic mass is 10.0. The third kappa shape index (κ3) is 3.74. The second-order valence-corrected chi connectivity index (χ2v) is 4.57. The molecule has 6 nitrogen and oxygen atoms in total. The summed E-state index contributed by atoms with van der Waals surface area (Å²) < 4.78 is 1.34. The topological polar surface area (TPSA) is 76.9 Å². The molecule has 104 valence electrons. The second kappa shape index (κ2) is 6.60. The minimum Gasteiger partial charge on any atom is -0.354 e. The van der Waals surface area contributed by atoms with Crippen molar-refractivity contribution >= 4 is 12.2 Å². The minimum atomic E-state index is -0.157. The Morgan fingerprint density at radius 3 is 2.80 bits per heavy atom. The predicted octanol–water partition coefficient (Wildman–Crippen LogP) is 1.01. The van der Waals surface area contributed by atoms with Crippen LogP contribution in [0.2, 0.25) is 0 Å². The van der Waals surface area contributed by atoms with Gasteiger partial charge in [0.2, 0.25) is 5.91 Å². The molecule has 0 aliphatic carbocycles. The Morgan fingerprint density at radius 1 is 1.40 bits per heavy atom. The van der Waals surface area contributed by atoms with Crippen molar-refractivity contribution in [3.05, 3.63) is 47.8 Å². The van der Waals surface area contributed by atoms with Crippen LogP contribution in [0.15, 0.2) is 36.5 Å². The van der Waals surface area contributed by atoms with Crippen LogP contribution in [-0.4, -0.2) is 33.7 Å². The Balaban J connectivity index is 1.81. The van der Waals surface area contributed by atoms with Crippen molar-refractivity contribution in [3.8, 4) is 0 Å². The van der Waals surface area contributed by atoms with E-state index in [1.165, 1.54) is 16.4 Å². The van der Waals surface area contributed by atoms with Gasteiger partial charge in [0.15, 0.2) is 6.29 Å². The molecule has 6 heteroatoms. The Labute approximate surface area is 116 Å². The molecule has 0 spiro atoms. The van der Waals surface area contributed by atoms with Crippen molar-refractivity contribution in [2.75, 3.05) is 6.54 Å². The number of amides is 1. The van der Waals surface area contributed by atoms with Gasteiger partial charge in [0.05, 0.1) is 6.20 Å². The fraction of sp³-hybridized carbons (Fsp3) is 0.286. The third-order valence-electron chi connectivity index (χ3n) is 2.96. The number of rotatable bonds is 6. The Hall–Kier alpha value is -2.50. The smallest absolute Gasteiger partial charge is 0.241 e. The first-order chi connectivity index (χ1) is 9.69. The molecule has 0 radical (unpaired) electrons. The molecule has 1 heterocycles. The van der Waals surface area contributed by atoms with E-state index in [1.807, 2.05) is 30.3 Å². The zero-order chi connectivity index (χ0) is 14.4. The van der Waals surface area contributed by atoms with Crippen molar-refractivity contribution in [3.63, 3.8) is 0 Å². The molecule has 1 aromatic heterocycles. The lowest BCUT2D eigenvalue weighted by molar-refractivity contribution is -0.121. The molecular formula is C14H16N4O2. The fourth-order valence-corrected chi connectivity index (χ4v) is 1.81. The van der Waals surface area contributed by atoms with E-state index in [2.05, 4.69) is 22.6 Å². The average Bonchev–Trinajstić information content (AvgIpc) is 2.93. The fourth-order valence-electron chi connectivity index (χ4n) is 1.81. The van der Waals surface area contributed by atoms with Gasteiger partial charge in [-0.2, -0.15) is 0 Å². The van der Waals surface area contributed by atoms with Crippen molar-refractivity contribution < 1.29 is 9.59 Å². The summed E-state index contributed by atoms with van der Waals surface area (Å²) in [6, 6.07) is 9.98. The van der Waals surface area contributed by atoms with Gasteiger partial charge in [0, 0.05) is 6.54 Å². The van der Waals surface area contributed by atoms with Gasteiger partial charge >= 0.3 is 0 Å². The first-order valence-electron chi connectivity index (χ1n) is 6.36. The van der Waals surface area contributed by atoms with Gasteiger partial charge in [-0.05, 0) is 11.5 Å². The van der Waals surface area contributed by atoms with E-state index in [4.69, 9.17) is 0 Å². The SMILES string of the molecule is CC(CNC(=O)Cn1cc(C=O)nn1)c1ccccc1. The number of nitrogens with one attached hydrogen (secondary N) is 1. The van der Waals surface area contributed by atoms with Gasteiger partial charge in [-0.1, -0.05) is 42.5 Å². The van der Waals surface area contributed by atoms with Gasteiger partial charge in [-0.25, -0.2) is 4.68 Å². The molecule has 1 aromatic carbocycles. The molecule has 0 aliphatic rings. The number of nitrogens with zero attached hydrogens (tertiary/aromatic N) is 3. The highest BCUT2D eigenvalue weighted by Crippen LogP contribution is 2.12. The molecule has 1 unspecified atom stereocenters. The van der Waals surface area contributed by atoms with Crippen LogP contribution in [0.5, 0.6) is 0 Å². The second-order valence-electron chi connectivity index (χ2n) is 4.57. The largest absolute Gasteiger partial charge is 0.354 e. The molecule has 0 fully saturated rings. The van der Waals surface area contributed by atoms with Gasteiger partial charge in [-0.3, -0.25) is 9.59 Å². The highest BCUT2D eigenvalue weighted by Gasteiger charge is 2.09. The molecule has 2 aromatic rings. The molecule has 0 aliphatic heterocycles. The molecule has 1 atom stereocenters. The first kappa shape index (κ1) is 13.9. The van der Waals surface area contributed by atoms with Crippen LogP contribution < -0.4 is 5.32 Å². The van der Waals surface area contributed by atoms with Crippen molar-refractivity contribution in [2.24, 2.45) is 0 Å². The Bertz CT molecular complexity index is 580. The van der Waals surface area contributed by atoms with E-state index in [0.717, 1.165) is 0 Å². The van der Waals surface area contributed by atoms with Crippen molar-refractivity contribution in [1.82, 2.24) is 20.3 Å². The maximum absolute atomic E-state index is 11.8. The van der Waals surface area contributed by atoms with Crippen molar-refractivity contribution in [1.29, 1.82) is 0 Å². The molecular weight excluding hydrogens is 256 g/mol. The number of carbonyl (C=O) groups is 2. The number of aldehydes is 1. The number of hydrogen-bond donors (Lipinski definition) is 1. The normalized spacial score (nSPS) is 11.8.